The van der Waals surface area contributed by atoms with Crippen LogP contribution in [0.5, 0.6) is 0 Å². The van der Waals surface area contributed by atoms with E-state index in [1.54, 1.807) is 12.4 Å². The first kappa shape index (κ1) is 16.5. The summed E-state index contributed by atoms with van der Waals surface area (Å²) in [4.78, 5) is 10.6. The maximum absolute atomic E-state index is 11.1. The molecule has 1 radical (unpaired) electrons. The Bertz CT molecular complexity index is 288. The first-order valence-corrected chi connectivity index (χ1v) is 5.25. The van der Waals surface area contributed by atoms with Gasteiger partial charge in [0.05, 0.1) is 5.25 Å². The van der Waals surface area contributed by atoms with Gasteiger partial charge in [0.15, 0.2) is 0 Å². The van der Waals surface area contributed by atoms with Gasteiger partial charge >= 0.3 is 0 Å². The fourth-order valence-electron chi connectivity index (χ4n) is 0.427. The molecule has 0 saturated carbocycles. The average Bonchev–Trinajstić information content (AvgIpc) is 2.12. The molecule has 0 aliphatic carbocycles. The second-order valence-corrected chi connectivity index (χ2v) is 4.42. The first-order chi connectivity index (χ1) is 5.94. The van der Waals surface area contributed by atoms with E-state index >= 15 is 0 Å². The summed E-state index contributed by atoms with van der Waals surface area (Å²) < 4.78 is 26.5. The molecule has 0 aliphatic rings. The van der Waals surface area contributed by atoms with E-state index in [0.717, 1.165) is 6.08 Å². The molecule has 0 rings (SSSR count). The minimum Gasteiger partial charge on any atom is -0.268 e. The molecule has 1 amide bonds. The molecule has 0 fully saturated rings. The van der Waals surface area contributed by atoms with Gasteiger partial charge < -0.3 is 0 Å². The Kier molecular flexibility index (Phi) is 8.77. The van der Waals surface area contributed by atoms with Crippen LogP contribution >= 0.6 is 0 Å². The zero-order valence-electron chi connectivity index (χ0n) is 8.61. The van der Waals surface area contributed by atoms with Gasteiger partial charge in [-0.25, -0.2) is 5.48 Å². The summed E-state index contributed by atoms with van der Waals surface area (Å²) in [6.45, 7) is 6.34. The number of hydrogen-bond acceptors (Lipinski definition) is 4. The minimum absolute atomic E-state index is 0. The van der Waals surface area contributed by atoms with Crippen molar-refractivity contribution in [2.75, 3.05) is 0 Å². The molecule has 1 unspecified atom stereocenters. The van der Waals surface area contributed by atoms with Crippen LogP contribution in [0, 0.1) is 0 Å². The monoisotopic (exact) mass is 230 g/mol. The smallest absolute Gasteiger partial charge is 0.268 e. The Balaban J connectivity index is 0. The second kappa shape index (κ2) is 7.42. The fourth-order valence-corrected chi connectivity index (χ4v) is 1.20. The summed E-state index contributed by atoms with van der Waals surface area (Å²) in [5, 5.41) is -0.641. The Morgan fingerprint density at radius 2 is 2.14 bits per heavy atom. The fraction of sp³-hybridized carbons (Fsp3) is 0.571. The van der Waals surface area contributed by atoms with Crippen molar-refractivity contribution in [3.8, 4) is 0 Å². The van der Waals surface area contributed by atoms with Crippen molar-refractivity contribution >= 4 is 45.6 Å². The van der Waals surface area contributed by atoms with Gasteiger partial charge in [-0.2, -0.15) is 8.42 Å². The molecule has 1 N–H and O–H groups in total. The van der Waals surface area contributed by atoms with Crippen LogP contribution in [-0.4, -0.2) is 49.1 Å². The van der Waals surface area contributed by atoms with Crippen molar-refractivity contribution in [2.24, 2.45) is 0 Å². The number of carbonyl (C=O) groups excluding carboxylic acids is 1. The normalized spacial score (nSPS) is 12.4. The van der Waals surface area contributed by atoms with E-state index in [4.69, 9.17) is 0 Å². The molecule has 0 bridgehead atoms. The predicted octanol–water partition coefficient (Wildman–Crippen LogP) is -0.0323. The molecule has 1 atom stereocenters. The molecule has 0 aromatic heterocycles. The van der Waals surface area contributed by atoms with Crippen molar-refractivity contribution in [2.45, 2.75) is 25.5 Å². The van der Waals surface area contributed by atoms with Crippen molar-refractivity contribution in [1.82, 2.24) is 5.48 Å². The molecule has 0 heterocycles. The van der Waals surface area contributed by atoms with Gasteiger partial charge in [-0.15, -0.1) is 4.28 Å². The SMILES string of the molecule is C=CC(=O)NOS(=O)(=O)C(C)CC.[Na]. The van der Waals surface area contributed by atoms with Crippen molar-refractivity contribution in [3.63, 3.8) is 0 Å². The third-order valence-corrected chi connectivity index (χ3v) is 3.15. The van der Waals surface area contributed by atoms with E-state index in [9.17, 15) is 13.2 Å². The van der Waals surface area contributed by atoms with E-state index in [-0.39, 0.29) is 29.6 Å². The van der Waals surface area contributed by atoms with E-state index in [1.165, 1.54) is 6.92 Å². The molecule has 0 aliphatic heterocycles. The number of rotatable bonds is 5. The molecule has 0 aromatic rings. The van der Waals surface area contributed by atoms with Gasteiger partial charge in [-0.1, -0.05) is 13.5 Å². The zero-order valence-corrected chi connectivity index (χ0v) is 11.4. The van der Waals surface area contributed by atoms with Crippen LogP contribution in [0.15, 0.2) is 12.7 Å². The van der Waals surface area contributed by atoms with Gasteiger partial charge in [-0.3, -0.25) is 4.79 Å². The standard InChI is InChI=1S/C7H13NO4S.Na/c1-4-6(3)13(10,11)12-8-7(9)5-2;/h5-6H,2,4H2,1,3H3,(H,8,9);. The van der Waals surface area contributed by atoms with Gasteiger partial charge in [0.25, 0.3) is 16.0 Å². The molecule has 0 aromatic carbocycles. The molecule has 0 spiro atoms. The third-order valence-electron chi connectivity index (χ3n) is 1.51. The van der Waals surface area contributed by atoms with Crippen LogP contribution in [0.2, 0.25) is 0 Å². The quantitative estimate of drug-likeness (QED) is 0.409. The molecule has 0 saturated heterocycles. The van der Waals surface area contributed by atoms with Crippen LogP contribution in [0.4, 0.5) is 0 Å². The van der Waals surface area contributed by atoms with Crippen LogP contribution < -0.4 is 5.48 Å². The maximum Gasteiger partial charge on any atom is 0.290 e. The molecular weight excluding hydrogens is 217 g/mol. The van der Waals surface area contributed by atoms with Crippen LogP contribution in [-0.2, 0) is 19.2 Å². The summed E-state index contributed by atoms with van der Waals surface area (Å²) in [6.07, 6.45) is 1.35. The third kappa shape index (κ3) is 5.77. The molecule has 7 heteroatoms. The van der Waals surface area contributed by atoms with E-state index in [0.29, 0.717) is 6.42 Å². The van der Waals surface area contributed by atoms with Gasteiger partial charge in [0.1, 0.15) is 0 Å². The van der Waals surface area contributed by atoms with Crippen molar-refractivity contribution in [1.29, 1.82) is 0 Å². The van der Waals surface area contributed by atoms with E-state index in [1.807, 2.05) is 0 Å². The number of amides is 1. The number of hydrogen-bond donors (Lipinski definition) is 1. The van der Waals surface area contributed by atoms with Crippen molar-refractivity contribution < 1.29 is 17.5 Å². The Morgan fingerprint density at radius 1 is 1.64 bits per heavy atom. The zero-order chi connectivity index (χ0) is 10.5. The topological polar surface area (TPSA) is 72.5 Å². The van der Waals surface area contributed by atoms with E-state index < -0.39 is 21.3 Å². The van der Waals surface area contributed by atoms with Crippen LogP contribution in [0.25, 0.3) is 0 Å². The number of nitrogens with one attached hydrogen (secondary N) is 1. The van der Waals surface area contributed by atoms with Crippen LogP contribution in [0.1, 0.15) is 20.3 Å². The van der Waals surface area contributed by atoms with Gasteiger partial charge in [0, 0.05) is 29.6 Å². The molecular formula is C7H13NNaO4S. The minimum atomic E-state index is -3.70. The second-order valence-electron chi connectivity index (χ2n) is 2.47. The average molecular weight is 230 g/mol. The van der Waals surface area contributed by atoms with Crippen molar-refractivity contribution in [3.05, 3.63) is 12.7 Å². The van der Waals surface area contributed by atoms with Gasteiger partial charge in [-0.05, 0) is 19.4 Å². The summed E-state index contributed by atoms with van der Waals surface area (Å²) in [7, 11) is -3.70. The number of hydroxylamine groups is 1. The van der Waals surface area contributed by atoms with Crippen LogP contribution in [0.3, 0.4) is 0 Å². The van der Waals surface area contributed by atoms with E-state index in [2.05, 4.69) is 10.9 Å². The summed E-state index contributed by atoms with van der Waals surface area (Å²) in [5.74, 6) is -0.688. The Morgan fingerprint density at radius 3 is 2.50 bits per heavy atom. The summed E-state index contributed by atoms with van der Waals surface area (Å²) in [6, 6.07) is 0. The largest absolute Gasteiger partial charge is 0.290 e. The predicted molar refractivity (Wildman–Crippen MR) is 53.9 cm³/mol. The Labute approximate surface area is 106 Å². The summed E-state index contributed by atoms with van der Waals surface area (Å²) in [5.41, 5.74) is 1.74. The first-order valence-electron chi connectivity index (χ1n) is 3.78. The number of carbonyl (C=O) groups is 1. The maximum atomic E-state index is 11.1. The molecule has 14 heavy (non-hydrogen) atoms. The summed E-state index contributed by atoms with van der Waals surface area (Å²) >= 11 is 0. The molecule has 77 valence electrons. The Hall–Kier alpha value is 0.120. The molecule has 5 nitrogen and oxygen atoms in total. The van der Waals surface area contributed by atoms with Gasteiger partial charge in [0.2, 0.25) is 0 Å².